The second kappa shape index (κ2) is 6.80. The van der Waals surface area contributed by atoms with Gasteiger partial charge in [0, 0.05) is 0 Å². The van der Waals surface area contributed by atoms with Crippen LogP contribution in [0.5, 0.6) is 0 Å². The number of nitrogens with two attached hydrogens (primary N) is 1. The summed E-state index contributed by atoms with van der Waals surface area (Å²) in [4.78, 5) is 3.89. The molecule has 0 heterocycles. The van der Waals surface area contributed by atoms with Crippen LogP contribution in [0.15, 0.2) is 4.99 Å². The van der Waals surface area contributed by atoms with Crippen molar-refractivity contribution in [2.75, 3.05) is 13.3 Å². The molecule has 0 aliphatic heterocycles. The predicted octanol–water partition coefficient (Wildman–Crippen LogP) is 0.0537. The second-order valence-electron chi connectivity index (χ2n) is 2.74. The molecule has 67 valence electrons. The fourth-order valence-electron chi connectivity index (χ4n) is 0.541. The number of aliphatic imine (C=N–C) groups is 1. The fourth-order valence-corrected chi connectivity index (χ4v) is 1.07. The summed E-state index contributed by atoms with van der Waals surface area (Å²) in [5.74, 6) is 0.529. The predicted molar refractivity (Wildman–Crippen MR) is 43.5 cm³/mol. The number of rotatable bonds is 5. The summed E-state index contributed by atoms with van der Waals surface area (Å²) in [6, 6.07) is 0. The van der Waals surface area contributed by atoms with Crippen molar-refractivity contribution in [3.8, 4) is 0 Å². The number of aliphatic hydroxyl groups excluding tert-OH is 1. The Kier molecular flexibility index (Phi) is 6.98. The van der Waals surface area contributed by atoms with Crippen LogP contribution >= 0.6 is 0 Å². The third kappa shape index (κ3) is 5.91. The van der Waals surface area contributed by atoms with E-state index in [0.717, 1.165) is 0 Å². The van der Waals surface area contributed by atoms with Crippen LogP contribution in [0.2, 0.25) is 3.43 Å². The molecule has 0 saturated carbocycles. The van der Waals surface area contributed by atoms with Crippen molar-refractivity contribution in [3.05, 3.63) is 0 Å². The van der Waals surface area contributed by atoms with E-state index in [2.05, 4.69) is 4.99 Å². The van der Waals surface area contributed by atoms with Crippen molar-refractivity contribution in [2.45, 2.75) is 23.4 Å². The molecule has 0 aromatic carbocycles. The Morgan fingerprint density at radius 2 is 2.33 bits per heavy atom. The molecule has 5 heteroatoms. The molecule has 0 rings (SSSR count). The van der Waals surface area contributed by atoms with E-state index in [0.29, 0.717) is 42.1 Å². The van der Waals surface area contributed by atoms with Crippen LogP contribution in [0, 0.1) is 0 Å². The number of hydrogen-bond acceptors (Lipinski definition) is 3. The average Bonchev–Trinajstić information content (AvgIpc) is 2.02. The van der Waals surface area contributed by atoms with Crippen LogP contribution in [0.25, 0.3) is 0 Å². The standard InChI is InChI=1S/C7H15N2O2.Hg/c1-6(3-4-10)11-5-9-7(2)8;/h3,6,10H,4-5H2,1-2H3,(H2,8,9);/t6-;/m1./s1. The molecule has 0 bridgehead atoms. The summed E-state index contributed by atoms with van der Waals surface area (Å²) in [5.41, 5.74) is 5.32. The molecule has 2 atom stereocenters. The summed E-state index contributed by atoms with van der Waals surface area (Å²) in [6.45, 7) is 4.20. The molecule has 0 aliphatic rings. The zero-order chi connectivity index (χ0) is 9.56. The maximum atomic E-state index is 8.82. The van der Waals surface area contributed by atoms with Crippen LogP contribution in [0.4, 0.5) is 0 Å². The van der Waals surface area contributed by atoms with Crippen molar-refractivity contribution < 1.29 is 36.0 Å². The van der Waals surface area contributed by atoms with Crippen LogP contribution in [-0.2, 0) is 30.9 Å². The Morgan fingerprint density at radius 1 is 1.75 bits per heavy atom. The van der Waals surface area contributed by atoms with Gasteiger partial charge < -0.3 is 0 Å². The van der Waals surface area contributed by atoms with E-state index in [1.54, 1.807) is 6.92 Å². The zero-order valence-corrected chi connectivity index (χ0v) is 13.2. The summed E-state index contributed by atoms with van der Waals surface area (Å²) < 4.78 is 5.66. The molecular weight excluding hydrogens is 345 g/mol. The van der Waals surface area contributed by atoms with Gasteiger partial charge >= 0.3 is 89.2 Å². The van der Waals surface area contributed by atoms with Gasteiger partial charge in [0.15, 0.2) is 0 Å². The van der Waals surface area contributed by atoms with E-state index in [-0.39, 0.29) is 12.7 Å². The monoisotopic (exact) mass is 361 g/mol. The first kappa shape index (κ1) is 12.3. The third-order valence-electron chi connectivity index (χ3n) is 1.55. The van der Waals surface area contributed by atoms with Gasteiger partial charge in [0.1, 0.15) is 0 Å². The van der Waals surface area contributed by atoms with E-state index in [4.69, 9.17) is 15.6 Å². The number of nitrogens with zero attached hydrogens (tertiary/aromatic N) is 1. The SMILES string of the molecule is C/C(N)=N\CO[C@H](C)[C@H]([Hg])CO. The second-order valence-corrected chi connectivity index (χ2v) is 6.82. The van der Waals surface area contributed by atoms with Crippen molar-refractivity contribution in [1.82, 2.24) is 0 Å². The Bertz CT molecular complexity index is 148. The molecule has 12 heavy (non-hydrogen) atoms. The van der Waals surface area contributed by atoms with E-state index >= 15 is 0 Å². The van der Waals surface area contributed by atoms with Crippen LogP contribution in [-0.4, -0.2) is 30.4 Å². The molecule has 4 nitrogen and oxygen atoms in total. The number of hydrogen-bond donors (Lipinski definition) is 2. The average molecular weight is 360 g/mol. The normalized spacial score (nSPS) is 17.6. The summed E-state index contributed by atoms with van der Waals surface area (Å²) in [5, 5.41) is 8.82. The maximum absolute atomic E-state index is 8.82. The Morgan fingerprint density at radius 3 is 2.75 bits per heavy atom. The Hall–Kier alpha value is 0.325. The Labute approximate surface area is 89.2 Å². The van der Waals surface area contributed by atoms with Crippen molar-refractivity contribution in [1.29, 1.82) is 0 Å². The number of amidine groups is 1. The zero-order valence-electron chi connectivity index (χ0n) is 7.66. The summed E-state index contributed by atoms with van der Waals surface area (Å²) in [7, 11) is 0. The first-order valence-electron chi connectivity index (χ1n) is 3.90. The van der Waals surface area contributed by atoms with Crippen LogP contribution in [0.1, 0.15) is 13.8 Å². The molecule has 0 aromatic heterocycles. The van der Waals surface area contributed by atoms with Gasteiger partial charge in [-0.25, -0.2) is 0 Å². The molecule has 0 unspecified atom stereocenters. The summed E-state index contributed by atoms with van der Waals surface area (Å²) in [6.07, 6.45) is 0.0985. The van der Waals surface area contributed by atoms with Gasteiger partial charge in [-0.15, -0.1) is 0 Å². The van der Waals surface area contributed by atoms with Gasteiger partial charge in [-0.05, 0) is 0 Å². The third-order valence-corrected chi connectivity index (χ3v) is 5.13. The minimum absolute atomic E-state index is 0.0985. The molecule has 0 radical (unpaired) electrons. The fraction of sp³-hybridized carbons (Fsp3) is 0.857. The van der Waals surface area contributed by atoms with Gasteiger partial charge in [0.25, 0.3) is 0 Å². The number of ether oxygens (including phenoxy) is 1. The van der Waals surface area contributed by atoms with Crippen molar-refractivity contribution >= 4 is 5.84 Å². The topological polar surface area (TPSA) is 67.8 Å². The van der Waals surface area contributed by atoms with E-state index < -0.39 is 0 Å². The van der Waals surface area contributed by atoms with Gasteiger partial charge in [0.2, 0.25) is 0 Å². The quantitative estimate of drug-likeness (QED) is 0.414. The van der Waals surface area contributed by atoms with Gasteiger partial charge in [-0.1, -0.05) is 0 Å². The van der Waals surface area contributed by atoms with Crippen molar-refractivity contribution in [3.63, 3.8) is 0 Å². The van der Waals surface area contributed by atoms with Gasteiger partial charge in [-0.3, -0.25) is 0 Å². The van der Waals surface area contributed by atoms with E-state index in [1.807, 2.05) is 6.92 Å². The van der Waals surface area contributed by atoms with E-state index in [9.17, 15) is 0 Å². The minimum atomic E-state index is 0.0985. The first-order chi connectivity index (χ1) is 5.57. The molecule has 0 spiro atoms. The number of aliphatic hydroxyl groups is 1. The van der Waals surface area contributed by atoms with Crippen molar-refractivity contribution in [2.24, 2.45) is 10.7 Å². The summed E-state index contributed by atoms with van der Waals surface area (Å²) >= 11 is 0.537. The molecular formula is C7H15HgN2O2. The van der Waals surface area contributed by atoms with Gasteiger partial charge in [-0.2, -0.15) is 0 Å². The molecule has 3 N–H and O–H groups in total. The van der Waals surface area contributed by atoms with E-state index in [1.165, 1.54) is 0 Å². The molecule has 0 fully saturated rings. The molecule has 0 amide bonds. The Balaban J connectivity index is 3.57. The molecule has 0 aliphatic carbocycles. The van der Waals surface area contributed by atoms with Crippen LogP contribution in [0.3, 0.4) is 0 Å². The van der Waals surface area contributed by atoms with Gasteiger partial charge in [0.05, 0.1) is 0 Å². The molecule has 0 aromatic rings. The van der Waals surface area contributed by atoms with Crippen LogP contribution < -0.4 is 5.73 Å². The first-order valence-corrected chi connectivity index (χ1v) is 7.07. The molecule has 0 saturated heterocycles.